The number of carboxylic acid groups (broad SMARTS) is 1. The molecule has 1 atom stereocenters. The Morgan fingerprint density at radius 1 is 0.925 bits per heavy atom. The quantitative estimate of drug-likeness (QED) is 0.231. The molecule has 1 unspecified atom stereocenters. The van der Waals surface area contributed by atoms with Crippen LogP contribution in [0.4, 0.5) is 19.0 Å². The number of nitrogens with zero attached hydrogens (tertiary/aromatic N) is 3. The van der Waals surface area contributed by atoms with E-state index in [1.165, 1.54) is 36.5 Å². The largest absolute Gasteiger partial charge is 0.491 e. The Kier molecular flexibility index (Phi) is 8.03. The highest BCUT2D eigenvalue weighted by Crippen LogP contribution is 2.30. The Morgan fingerprint density at radius 3 is 2.25 bits per heavy atom. The molecule has 0 bridgehead atoms. The maximum Gasteiger partial charge on any atom is 0.491 e. The predicted octanol–water partition coefficient (Wildman–Crippen LogP) is 4.77. The van der Waals surface area contributed by atoms with Gasteiger partial charge in [-0.3, -0.25) is 4.79 Å². The number of nitrogens with two attached hydrogens (primary N) is 1. The molecule has 2 aromatic carbocycles. The predicted molar refractivity (Wildman–Crippen MR) is 133 cm³/mol. The minimum absolute atomic E-state index is 0.0547. The number of hydrogen-bond donors (Lipinski definition) is 2. The Bertz CT molecular complexity index is 1540. The average molecular weight is 552 g/mol. The molecular formula is C27H19F3N4O6. The Morgan fingerprint density at radius 2 is 1.62 bits per heavy atom. The van der Waals surface area contributed by atoms with E-state index in [-0.39, 0.29) is 17.3 Å². The molecule has 204 valence electrons. The monoisotopic (exact) mass is 552 g/mol. The van der Waals surface area contributed by atoms with Crippen LogP contribution in [0.15, 0.2) is 79.0 Å². The fourth-order valence-corrected chi connectivity index (χ4v) is 3.63. The van der Waals surface area contributed by atoms with Crippen molar-refractivity contribution in [3.05, 3.63) is 95.8 Å². The number of aromatic carboxylic acids is 1. The van der Waals surface area contributed by atoms with Gasteiger partial charge in [0.2, 0.25) is 0 Å². The van der Waals surface area contributed by atoms with Gasteiger partial charge in [0.15, 0.2) is 0 Å². The lowest BCUT2D eigenvalue weighted by molar-refractivity contribution is -0.201. The van der Waals surface area contributed by atoms with Gasteiger partial charge in [-0.15, -0.1) is 0 Å². The first kappa shape index (κ1) is 27.7. The average Bonchev–Trinajstić information content (AvgIpc) is 2.92. The molecule has 0 aliphatic rings. The summed E-state index contributed by atoms with van der Waals surface area (Å²) in [5, 5.41) is 9.16. The number of esters is 2. The van der Waals surface area contributed by atoms with Crippen molar-refractivity contribution in [1.29, 1.82) is 0 Å². The van der Waals surface area contributed by atoms with Gasteiger partial charge >= 0.3 is 30.1 Å². The second kappa shape index (κ2) is 11.6. The molecule has 40 heavy (non-hydrogen) atoms. The highest BCUT2D eigenvalue weighted by Gasteiger charge is 2.42. The van der Waals surface area contributed by atoms with Crippen molar-refractivity contribution in [3.63, 3.8) is 0 Å². The van der Waals surface area contributed by atoms with Crippen molar-refractivity contribution in [3.8, 4) is 23.0 Å². The van der Waals surface area contributed by atoms with Crippen molar-refractivity contribution in [1.82, 2.24) is 15.0 Å². The van der Waals surface area contributed by atoms with Crippen LogP contribution in [-0.4, -0.2) is 44.1 Å². The SMILES string of the molecule is Nc1cccc(-c2ccc(Oc3nccc(C(CC(=O)OC(=O)C(F)(F)F)c4ccc(C(=O)O)cc4)n3)cc2)n1. The maximum atomic E-state index is 12.6. The zero-order chi connectivity index (χ0) is 28.9. The van der Waals surface area contributed by atoms with E-state index >= 15 is 0 Å². The molecule has 0 spiro atoms. The second-order valence-corrected chi connectivity index (χ2v) is 8.28. The molecule has 13 heteroatoms. The summed E-state index contributed by atoms with van der Waals surface area (Å²) in [4.78, 5) is 47.2. The van der Waals surface area contributed by atoms with E-state index in [9.17, 15) is 27.6 Å². The number of anilines is 1. The topological polar surface area (TPSA) is 155 Å². The van der Waals surface area contributed by atoms with Crippen LogP contribution in [0.2, 0.25) is 0 Å². The summed E-state index contributed by atoms with van der Waals surface area (Å²) in [5.41, 5.74) is 7.56. The molecule has 0 saturated carbocycles. The molecule has 0 saturated heterocycles. The molecule has 2 aromatic heterocycles. The third-order valence-electron chi connectivity index (χ3n) is 5.51. The van der Waals surface area contributed by atoms with Crippen molar-refractivity contribution in [2.75, 3.05) is 5.73 Å². The first-order valence-corrected chi connectivity index (χ1v) is 11.5. The van der Waals surface area contributed by atoms with Gasteiger partial charge in [0.1, 0.15) is 11.6 Å². The first-order valence-electron chi connectivity index (χ1n) is 11.5. The van der Waals surface area contributed by atoms with Gasteiger partial charge < -0.3 is 20.3 Å². The molecule has 3 N–H and O–H groups in total. The van der Waals surface area contributed by atoms with E-state index in [4.69, 9.17) is 15.6 Å². The van der Waals surface area contributed by atoms with Crippen molar-refractivity contribution in [2.45, 2.75) is 18.5 Å². The maximum absolute atomic E-state index is 12.6. The lowest BCUT2D eigenvalue weighted by Crippen LogP contribution is -2.28. The van der Waals surface area contributed by atoms with Crippen LogP contribution in [0.1, 0.15) is 34.0 Å². The van der Waals surface area contributed by atoms with Crippen LogP contribution in [0, 0.1) is 0 Å². The van der Waals surface area contributed by atoms with Crippen molar-refractivity contribution < 1.29 is 42.1 Å². The highest BCUT2D eigenvalue weighted by molar-refractivity contribution is 5.89. The highest BCUT2D eigenvalue weighted by atomic mass is 19.4. The van der Waals surface area contributed by atoms with Gasteiger partial charge in [-0.2, -0.15) is 18.2 Å². The molecule has 4 aromatic rings. The number of halogens is 3. The van der Waals surface area contributed by atoms with E-state index in [2.05, 4.69) is 19.7 Å². The molecule has 0 radical (unpaired) electrons. The van der Waals surface area contributed by atoms with Gasteiger partial charge in [-0.25, -0.2) is 19.6 Å². The van der Waals surface area contributed by atoms with Crippen LogP contribution in [-0.2, 0) is 14.3 Å². The molecular weight excluding hydrogens is 533 g/mol. The number of benzene rings is 2. The zero-order valence-corrected chi connectivity index (χ0v) is 20.3. The van der Waals surface area contributed by atoms with Crippen molar-refractivity contribution >= 4 is 23.7 Å². The Labute approximate surface area is 224 Å². The van der Waals surface area contributed by atoms with Crippen LogP contribution in [0.5, 0.6) is 11.8 Å². The fourth-order valence-electron chi connectivity index (χ4n) is 3.63. The van der Waals surface area contributed by atoms with Crippen LogP contribution >= 0.6 is 0 Å². The number of aromatic nitrogens is 3. The van der Waals surface area contributed by atoms with Gasteiger partial charge in [-0.1, -0.05) is 18.2 Å². The summed E-state index contributed by atoms with van der Waals surface area (Å²) >= 11 is 0. The summed E-state index contributed by atoms with van der Waals surface area (Å²) in [6, 6.07) is 18.5. The zero-order valence-electron chi connectivity index (χ0n) is 20.3. The minimum Gasteiger partial charge on any atom is -0.478 e. The number of hydrogen-bond acceptors (Lipinski definition) is 9. The number of carboxylic acids is 1. The molecule has 0 fully saturated rings. The first-order chi connectivity index (χ1) is 19.0. The number of carbonyl (C=O) groups is 3. The number of alkyl halides is 3. The standard InChI is InChI=1S/C27H19F3N4O6/c28-27(29,30)25(38)40-23(35)14-19(15-4-6-17(7-5-15)24(36)37)21-12-13-32-26(34-21)39-18-10-8-16(9-11-18)20-2-1-3-22(31)33-20/h1-13,19H,14H2,(H2,31,33)(H,36,37). The Balaban J connectivity index is 1.58. The smallest absolute Gasteiger partial charge is 0.478 e. The van der Waals surface area contributed by atoms with Crippen LogP contribution in [0.25, 0.3) is 11.3 Å². The molecule has 0 aliphatic heterocycles. The van der Waals surface area contributed by atoms with E-state index in [1.807, 2.05) is 0 Å². The Hall–Kier alpha value is -5.33. The number of carbonyl (C=O) groups excluding carboxylic acids is 2. The summed E-state index contributed by atoms with van der Waals surface area (Å²) in [6.07, 6.45) is -4.76. The number of ether oxygens (including phenoxy) is 2. The van der Waals surface area contributed by atoms with Gasteiger partial charge in [0.25, 0.3) is 0 Å². The third-order valence-corrected chi connectivity index (χ3v) is 5.51. The second-order valence-electron chi connectivity index (χ2n) is 8.28. The molecule has 0 amide bonds. The van der Waals surface area contributed by atoms with Crippen molar-refractivity contribution in [2.24, 2.45) is 0 Å². The molecule has 0 aliphatic carbocycles. The summed E-state index contributed by atoms with van der Waals surface area (Å²) in [7, 11) is 0. The number of pyridine rings is 1. The molecule has 10 nitrogen and oxygen atoms in total. The molecule has 4 rings (SSSR count). The van der Waals surface area contributed by atoms with Gasteiger partial charge in [0, 0.05) is 17.7 Å². The van der Waals surface area contributed by atoms with Gasteiger partial charge in [-0.05, 0) is 60.2 Å². The normalized spacial score (nSPS) is 11.9. The van der Waals surface area contributed by atoms with E-state index in [0.717, 1.165) is 5.56 Å². The molecule has 2 heterocycles. The number of rotatable bonds is 8. The summed E-state index contributed by atoms with van der Waals surface area (Å²) in [5.74, 6) is -5.63. The van der Waals surface area contributed by atoms with Gasteiger partial charge in [0.05, 0.1) is 23.4 Å². The third kappa shape index (κ3) is 6.95. The fraction of sp³-hybridized carbons (Fsp3) is 0.111. The minimum atomic E-state index is -5.36. The van der Waals surface area contributed by atoms with Crippen LogP contribution < -0.4 is 10.5 Å². The summed E-state index contributed by atoms with van der Waals surface area (Å²) in [6.45, 7) is 0. The number of nitrogen functional groups attached to an aromatic ring is 1. The lowest BCUT2D eigenvalue weighted by Gasteiger charge is -2.17. The van der Waals surface area contributed by atoms with Crippen LogP contribution in [0.3, 0.4) is 0 Å². The van der Waals surface area contributed by atoms with E-state index in [0.29, 0.717) is 22.8 Å². The summed E-state index contributed by atoms with van der Waals surface area (Å²) < 4.78 is 47.4. The van der Waals surface area contributed by atoms with E-state index in [1.54, 1.807) is 42.5 Å². The lowest BCUT2D eigenvalue weighted by atomic mass is 9.91. The van der Waals surface area contributed by atoms with E-state index < -0.39 is 36.4 Å².